The number of benzene rings is 6. The Morgan fingerprint density at radius 1 is 0.471 bits per heavy atom. The number of fused-ring (bicyclic) bond motifs is 6. The van der Waals surface area contributed by atoms with Gasteiger partial charge in [0.15, 0.2) is 8.07 Å². The van der Waals surface area contributed by atoms with Gasteiger partial charge in [-0.25, -0.2) is 0 Å². The SMILES string of the molecule is Cc1cc2c(c3ccccc13)-c1cc3ccccc3cc1[Si]2(c1ccccc1)c1ccccc1. The van der Waals surface area contributed by atoms with Crippen LogP contribution in [0.3, 0.4) is 0 Å². The van der Waals surface area contributed by atoms with Crippen LogP contribution in [0.15, 0.2) is 127 Å². The average Bonchev–Trinajstić information content (AvgIpc) is 3.18. The van der Waals surface area contributed by atoms with Gasteiger partial charge in [-0.3, -0.25) is 0 Å². The van der Waals surface area contributed by atoms with E-state index in [2.05, 4.69) is 134 Å². The lowest BCUT2D eigenvalue weighted by Gasteiger charge is -2.31. The van der Waals surface area contributed by atoms with Crippen LogP contribution in [0.2, 0.25) is 0 Å². The molecule has 6 aromatic rings. The van der Waals surface area contributed by atoms with Crippen LogP contribution in [0, 0.1) is 6.92 Å². The van der Waals surface area contributed by atoms with Gasteiger partial charge < -0.3 is 0 Å². The summed E-state index contributed by atoms with van der Waals surface area (Å²) in [6, 6.07) is 47.8. The summed E-state index contributed by atoms with van der Waals surface area (Å²) < 4.78 is 0. The second-order valence-corrected chi connectivity index (χ2v) is 13.1. The van der Waals surface area contributed by atoms with Gasteiger partial charge in [0.2, 0.25) is 0 Å². The van der Waals surface area contributed by atoms with Crippen molar-refractivity contribution in [2.45, 2.75) is 6.92 Å². The lowest BCUT2D eigenvalue weighted by Crippen LogP contribution is -2.72. The lowest BCUT2D eigenvalue weighted by molar-refractivity contribution is 1.55. The fourth-order valence-electron chi connectivity index (χ4n) is 6.21. The Balaban J connectivity index is 1.76. The van der Waals surface area contributed by atoms with Crippen molar-refractivity contribution in [2.24, 2.45) is 0 Å². The van der Waals surface area contributed by atoms with E-state index < -0.39 is 8.07 Å². The molecule has 1 heteroatoms. The van der Waals surface area contributed by atoms with Crippen LogP contribution in [0.5, 0.6) is 0 Å². The van der Waals surface area contributed by atoms with Crippen molar-refractivity contribution < 1.29 is 0 Å². The molecule has 160 valence electrons. The maximum Gasteiger partial charge on any atom is 0.180 e. The van der Waals surface area contributed by atoms with Crippen LogP contribution in [-0.4, -0.2) is 8.07 Å². The van der Waals surface area contributed by atoms with E-state index in [1.54, 1.807) is 0 Å². The van der Waals surface area contributed by atoms with Gasteiger partial charge in [-0.15, -0.1) is 0 Å². The molecule has 0 amide bonds. The summed E-state index contributed by atoms with van der Waals surface area (Å²) in [7, 11) is -2.49. The largest absolute Gasteiger partial charge is 0.180 e. The Bertz CT molecular complexity index is 1660. The van der Waals surface area contributed by atoms with E-state index >= 15 is 0 Å². The molecule has 0 radical (unpaired) electrons. The van der Waals surface area contributed by atoms with E-state index in [4.69, 9.17) is 0 Å². The quantitative estimate of drug-likeness (QED) is 0.299. The predicted octanol–water partition coefficient (Wildman–Crippen LogP) is 5.66. The van der Waals surface area contributed by atoms with Gasteiger partial charge in [-0.2, -0.15) is 0 Å². The van der Waals surface area contributed by atoms with E-state index in [9.17, 15) is 0 Å². The van der Waals surface area contributed by atoms with Crippen molar-refractivity contribution in [1.29, 1.82) is 0 Å². The first-order chi connectivity index (χ1) is 16.8. The highest BCUT2D eigenvalue weighted by Crippen LogP contribution is 2.37. The topological polar surface area (TPSA) is 0 Å². The molecule has 0 aliphatic carbocycles. The molecule has 6 aromatic carbocycles. The summed E-state index contributed by atoms with van der Waals surface area (Å²) in [5.41, 5.74) is 4.20. The molecule has 0 unspecified atom stereocenters. The van der Waals surface area contributed by atoms with E-state index in [1.165, 1.54) is 59.0 Å². The minimum atomic E-state index is -2.49. The number of hydrogen-bond acceptors (Lipinski definition) is 0. The van der Waals surface area contributed by atoms with E-state index in [0.717, 1.165) is 0 Å². The molecule has 1 aliphatic rings. The van der Waals surface area contributed by atoms with Crippen LogP contribution in [-0.2, 0) is 0 Å². The molecule has 1 heterocycles. The van der Waals surface area contributed by atoms with Crippen LogP contribution in [0.25, 0.3) is 32.7 Å². The third-order valence-electron chi connectivity index (χ3n) is 7.63. The van der Waals surface area contributed by atoms with Crippen LogP contribution in [0.4, 0.5) is 0 Å². The minimum absolute atomic E-state index is 1.31. The molecular formula is C33H24Si. The Morgan fingerprint density at radius 3 is 1.65 bits per heavy atom. The Kier molecular flexibility index (Phi) is 4.18. The van der Waals surface area contributed by atoms with Crippen molar-refractivity contribution in [2.75, 3.05) is 0 Å². The lowest BCUT2D eigenvalue weighted by atomic mass is 9.94. The predicted molar refractivity (Wildman–Crippen MR) is 149 cm³/mol. The van der Waals surface area contributed by atoms with Gasteiger partial charge in [-0.05, 0) is 72.0 Å². The fraction of sp³-hybridized carbons (Fsp3) is 0.0303. The van der Waals surface area contributed by atoms with Crippen molar-refractivity contribution in [3.05, 3.63) is 133 Å². The van der Waals surface area contributed by atoms with E-state index in [-0.39, 0.29) is 0 Å². The zero-order valence-electron chi connectivity index (χ0n) is 19.1. The first kappa shape index (κ1) is 19.5. The standard InChI is InChI=1S/C33H24Si/c1-23-20-32-33(29-19-11-10-18-28(23)29)30-21-24-12-8-9-13-25(24)22-31(30)34(32,26-14-4-2-5-15-26)27-16-6-3-7-17-27/h2-22H,1H3. The summed E-state index contributed by atoms with van der Waals surface area (Å²) in [6.07, 6.45) is 0. The summed E-state index contributed by atoms with van der Waals surface area (Å²) in [6.45, 7) is 2.28. The first-order valence-electron chi connectivity index (χ1n) is 12.0. The highest BCUT2D eigenvalue weighted by Gasteiger charge is 2.49. The van der Waals surface area contributed by atoms with Crippen LogP contribution < -0.4 is 20.7 Å². The molecule has 1 aliphatic heterocycles. The van der Waals surface area contributed by atoms with Gasteiger partial charge >= 0.3 is 0 Å². The third-order valence-corrected chi connectivity index (χ3v) is 12.5. The highest BCUT2D eigenvalue weighted by molar-refractivity contribution is 7.22. The third kappa shape index (κ3) is 2.53. The minimum Gasteiger partial charge on any atom is -0.0623 e. The van der Waals surface area contributed by atoms with Crippen molar-refractivity contribution in [3.63, 3.8) is 0 Å². The average molecular weight is 449 g/mol. The molecule has 0 atom stereocenters. The van der Waals surface area contributed by atoms with Gasteiger partial charge in [0.1, 0.15) is 0 Å². The summed E-state index contributed by atoms with van der Waals surface area (Å²) in [5.74, 6) is 0. The molecule has 0 N–H and O–H groups in total. The normalized spacial score (nSPS) is 13.7. The van der Waals surface area contributed by atoms with E-state index in [0.29, 0.717) is 0 Å². The summed E-state index contributed by atoms with van der Waals surface area (Å²) in [5, 5.41) is 11.3. The molecular weight excluding hydrogens is 424 g/mol. The van der Waals surface area contributed by atoms with Crippen molar-refractivity contribution >= 4 is 50.4 Å². The van der Waals surface area contributed by atoms with Crippen molar-refractivity contribution in [3.8, 4) is 11.1 Å². The Labute approximate surface area is 201 Å². The number of rotatable bonds is 2. The molecule has 7 rings (SSSR count). The summed E-state index contributed by atoms with van der Waals surface area (Å²) >= 11 is 0. The van der Waals surface area contributed by atoms with Crippen LogP contribution >= 0.6 is 0 Å². The molecule has 0 saturated heterocycles. The van der Waals surface area contributed by atoms with Crippen molar-refractivity contribution in [1.82, 2.24) is 0 Å². The highest BCUT2D eigenvalue weighted by atomic mass is 28.3. The second kappa shape index (κ2) is 7.28. The van der Waals surface area contributed by atoms with Crippen LogP contribution in [0.1, 0.15) is 5.56 Å². The number of aryl methyl sites for hydroxylation is 1. The molecule has 0 fully saturated rings. The molecule has 0 aromatic heterocycles. The summed E-state index contributed by atoms with van der Waals surface area (Å²) in [4.78, 5) is 0. The number of hydrogen-bond donors (Lipinski definition) is 0. The molecule has 0 nitrogen and oxygen atoms in total. The Morgan fingerprint density at radius 2 is 1.00 bits per heavy atom. The maximum absolute atomic E-state index is 2.51. The molecule has 0 bridgehead atoms. The smallest absolute Gasteiger partial charge is 0.0623 e. The Hall–Kier alpha value is -3.94. The zero-order chi connectivity index (χ0) is 22.7. The van der Waals surface area contributed by atoms with Gasteiger partial charge in [-0.1, -0.05) is 121 Å². The molecule has 0 saturated carbocycles. The van der Waals surface area contributed by atoms with Gasteiger partial charge in [0.25, 0.3) is 0 Å². The fourth-order valence-corrected chi connectivity index (χ4v) is 11.5. The molecule has 0 spiro atoms. The monoisotopic (exact) mass is 448 g/mol. The molecule has 34 heavy (non-hydrogen) atoms. The second-order valence-electron chi connectivity index (χ2n) is 9.39. The van der Waals surface area contributed by atoms with E-state index in [1.807, 2.05) is 0 Å². The zero-order valence-corrected chi connectivity index (χ0v) is 20.1. The first-order valence-corrected chi connectivity index (χ1v) is 14.0. The van der Waals surface area contributed by atoms with Gasteiger partial charge in [0, 0.05) is 0 Å². The van der Waals surface area contributed by atoms with Gasteiger partial charge in [0.05, 0.1) is 0 Å². The maximum atomic E-state index is 2.51.